The molecule has 74 valence electrons. The van der Waals surface area contributed by atoms with E-state index >= 15 is 0 Å². The topological polar surface area (TPSA) is 55.1 Å². The standard InChI is InChI=1S/C10H11ClN2O/c11-9-5-6(12)1-4-8(9)10(14)13-7-2-3-7/h1,4-5,7H,2-3,12H2,(H,13,14). The van der Waals surface area contributed by atoms with Crippen molar-refractivity contribution in [3.8, 4) is 0 Å². The minimum absolute atomic E-state index is 0.113. The van der Waals surface area contributed by atoms with Crippen LogP contribution in [0.1, 0.15) is 23.2 Å². The van der Waals surface area contributed by atoms with E-state index in [-0.39, 0.29) is 5.91 Å². The first kappa shape index (κ1) is 9.34. The monoisotopic (exact) mass is 210 g/mol. The lowest BCUT2D eigenvalue weighted by atomic mass is 10.2. The van der Waals surface area contributed by atoms with E-state index in [1.165, 1.54) is 0 Å². The number of nitrogen functional groups attached to an aromatic ring is 1. The zero-order chi connectivity index (χ0) is 10.1. The highest BCUT2D eigenvalue weighted by atomic mass is 35.5. The average molecular weight is 211 g/mol. The molecule has 3 N–H and O–H groups in total. The molecular weight excluding hydrogens is 200 g/mol. The van der Waals surface area contributed by atoms with E-state index < -0.39 is 0 Å². The van der Waals surface area contributed by atoms with E-state index in [0.29, 0.717) is 22.3 Å². The summed E-state index contributed by atoms with van der Waals surface area (Å²) in [6, 6.07) is 5.25. The molecule has 1 aliphatic carbocycles. The molecule has 0 radical (unpaired) electrons. The molecule has 14 heavy (non-hydrogen) atoms. The second-order valence-corrected chi connectivity index (χ2v) is 3.89. The first-order valence-electron chi connectivity index (χ1n) is 4.52. The minimum Gasteiger partial charge on any atom is -0.399 e. The average Bonchev–Trinajstić information content (AvgIpc) is 2.87. The minimum atomic E-state index is -0.113. The number of amides is 1. The summed E-state index contributed by atoms with van der Waals surface area (Å²) in [7, 11) is 0. The van der Waals surface area contributed by atoms with Crippen LogP contribution in [0.3, 0.4) is 0 Å². The molecule has 2 rings (SSSR count). The zero-order valence-corrected chi connectivity index (χ0v) is 8.34. The second-order valence-electron chi connectivity index (χ2n) is 3.49. The summed E-state index contributed by atoms with van der Waals surface area (Å²) < 4.78 is 0. The van der Waals surface area contributed by atoms with Crippen LogP contribution in [-0.4, -0.2) is 11.9 Å². The number of hydrogen-bond donors (Lipinski definition) is 2. The van der Waals surface area contributed by atoms with Gasteiger partial charge in [0, 0.05) is 11.7 Å². The van der Waals surface area contributed by atoms with Crippen molar-refractivity contribution in [1.29, 1.82) is 0 Å². The summed E-state index contributed by atoms with van der Waals surface area (Å²) in [5.74, 6) is -0.113. The largest absolute Gasteiger partial charge is 0.399 e. The van der Waals surface area contributed by atoms with Crippen molar-refractivity contribution >= 4 is 23.2 Å². The van der Waals surface area contributed by atoms with Crippen molar-refractivity contribution in [2.45, 2.75) is 18.9 Å². The number of carbonyl (C=O) groups is 1. The molecule has 0 unspecified atom stereocenters. The second kappa shape index (κ2) is 3.50. The molecule has 0 atom stereocenters. The summed E-state index contributed by atoms with van der Waals surface area (Å²) in [6.45, 7) is 0. The van der Waals surface area contributed by atoms with Crippen molar-refractivity contribution in [1.82, 2.24) is 5.32 Å². The lowest BCUT2D eigenvalue weighted by molar-refractivity contribution is 0.0951. The summed E-state index contributed by atoms with van der Waals surface area (Å²) in [4.78, 5) is 11.6. The number of benzene rings is 1. The van der Waals surface area contributed by atoms with E-state index in [1.807, 2.05) is 0 Å². The first-order valence-corrected chi connectivity index (χ1v) is 4.90. The van der Waals surface area contributed by atoms with E-state index in [9.17, 15) is 4.79 Å². The molecule has 0 aliphatic heterocycles. The highest BCUT2D eigenvalue weighted by Crippen LogP contribution is 2.22. The van der Waals surface area contributed by atoms with Crippen molar-refractivity contribution in [2.24, 2.45) is 0 Å². The summed E-state index contributed by atoms with van der Waals surface area (Å²) in [5.41, 5.74) is 6.59. The molecule has 1 aromatic rings. The molecule has 3 nitrogen and oxygen atoms in total. The Hall–Kier alpha value is -1.22. The van der Waals surface area contributed by atoms with E-state index in [2.05, 4.69) is 5.32 Å². The van der Waals surface area contributed by atoms with Gasteiger partial charge in [-0.3, -0.25) is 4.79 Å². The van der Waals surface area contributed by atoms with Gasteiger partial charge in [-0.05, 0) is 31.0 Å². The predicted octanol–water partition coefficient (Wildman–Crippen LogP) is 1.81. The highest BCUT2D eigenvalue weighted by molar-refractivity contribution is 6.34. The van der Waals surface area contributed by atoms with Crippen LogP contribution in [0.2, 0.25) is 5.02 Å². The molecular formula is C10H11ClN2O. The smallest absolute Gasteiger partial charge is 0.253 e. The van der Waals surface area contributed by atoms with Crippen LogP contribution in [0.5, 0.6) is 0 Å². The number of halogens is 1. The number of rotatable bonds is 2. The van der Waals surface area contributed by atoms with Gasteiger partial charge in [0.1, 0.15) is 0 Å². The lowest BCUT2D eigenvalue weighted by Crippen LogP contribution is -2.25. The van der Waals surface area contributed by atoms with Crippen molar-refractivity contribution in [3.63, 3.8) is 0 Å². The predicted molar refractivity (Wildman–Crippen MR) is 56.4 cm³/mol. The molecule has 0 spiro atoms. The maximum absolute atomic E-state index is 11.6. The summed E-state index contributed by atoms with van der Waals surface area (Å²) in [6.07, 6.45) is 2.14. The van der Waals surface area contributed by atoms with Crippen LogP contribution in [0.4, 0.5) is 5.69 Å². The lowest BCUT2D eigenvalue weighted by Gasteiger charge is -2.05. The first-order chi connectivity index (χ1) is 6.66. The Morgan fingerprint density at radius 1 is 1.50 bits per heavy atom. The van der Waals surface area contributed by atoms with Gasteiger partial charge in [-0.1, -0.05) is 11.6 Å². The molecule has 0 heterocycles. The molecule has 1 aliphatic rings. The Morgan fingerprint density at radius 2 is 2.21 bits per heavy atom. The van der Waals surface area contributed by atoms with Gasteiger partial charge in [0.15, 0.2) is 0 Å². The van der Waals surface area contributed by atoms with Crippen LogP contribution in [0.15, 0.2) is 18.2 Å². The number of anilines is 1. The number of nitrogens with two attached hydrogens (primary N) is 1. The van der Waals surface area contributed by atoms with Crippen LogP contribution in [-0.2, 0) is 0 Å². The third kappa shape index (κ3) is 1.99. The molecule has 4 heteroatoms. The molecule has 1 saturated carbocycles. The fraction of sp³-hybridized carbons (Fsp3) is 0.300. The van der Waals surface area contributed by atoms with Gasteiger partial charge in [0.25, 0.3) is 5.91 Å². The molecule has 1 fully saturated rings. The van der Waals surface area contributed by atoms with Gasteiger partial charge in [0.2, 0.25) is 0 Å². The highest BCUT2D eigenvalue weighted by Gasteiger charge is 2.24. The van der Waals surface area contributed by atoms with Gasteiger partial charge in [-0.15, -0.1) is 0 Å². The third-order valence-electron chi connectivity index (χ3n) is 2.15. The Kier molecular flexibility index (Phi) is 2.33. The van der Waals surface area contributed by atoms with Crippen molar-refractivity contribution in [2.75, 3.05) is 5.73 Å². The third-order valence-corrected chi connectivity index (χ3v) is 2.46. The quantitative estimate of drug-likeness (QED) is 0.732. The van der Waals surface area contributed by atoms with E-state index in [1.54, 1.807) is 18.2 Å². The fourth-order valence-corrected chi connectivity index (χ4v) is 1.48. The molecule has 0 bridgehead atoms. The van der Waals surface area contributed by atoms with Crippen LogP contribution >= 0.6 is 11.6 Å². The molecule has 1 aromatic carbocycles. The van der Waals surface area contributed by atoms with Crippen molar-refractivity contribution < 1.29 is 4.79 Å². The van der Waals surface area contributed by atoms with Crippen molar-refractivity contribution in [3.05, 3.63) is 28.8 Å². The Balaban J connectivity index is 2.17. The van der Waals surface area contributed by atoms with Gasteiger partial charge >= 0.3 is 0 Å². The van der Waals surface area contributed by atoms with E-state index in [0.717, 1.165) is 12.8 Å². The summed E-state index contributed by atoms with van der Waals surface area (Å²) >= 11 is 5.89. The molecule has 0 saturated heterocycles. The fourth-order valence-electron chi connectivity index (χ4n) is 1.21. The van der Waals surface area contributed by atoms with Gasteiger partial charge in [-0.25, -0.2) is 0 Å². The van der Waals surface area contributed by atoms with E-state index in [4.69, 9.17) is 17.3 Å². The van der Waals surface area contributed by atoms with Gasteiger partial charge in [0.05, 0.1) is 10.6 Å². The van der Waals surface area contributed by atoms with Crippen LogP contribution in [0.25, 0.3) is 0 Å². The Labute approximate surface area is 87.2 Å². The maximum Gasteiger partial charge on any atom is 0.253 e. The van der Waals surface area contributed by atoms with Crippen LogP contribution < -0.4 is 11.1 Å². The zero-order valence-electron chi connectivity index (χ0n) is 7.59. The Bertz CT molecular complexity index is 374. The number of nitrogens with one attached hydrogen (secondary N) is 1. The number of carbonyl (C=O) groups excluding carboxylic acids is 1. The van der Waals surface area contributed by atoms with Gasteiger partial charge < -0.3 is 11.1 Å². The normalized spacial score (nSPS) is 15.2. The Morgan fingerprint density at radius 3 is 2.79 bits per heavy atom. The number of hydrogen-bond acceptors (Lipinski definition) is 2. The SMILES string of the molecule is Nc1ccc(C(=O)NC2CC2)c(Cl)c1. The van der Waals surface area contributed by atoms with Crippen LogP contribution in [0, 0.1) is 0 Å². The molecule has 0 aromatic heterocycles. The summed E-state index contributed by atoms with van der Waals surface area (Å²) in [5, 5.41) is 3.27. The molecule has 1 amide bonds. The van der Waals surface area contributed by atoms with Gasteiger partial charge in [-0.2, -0.15) is 0 Å². The maximum atomic E-state index is 11.6.